The molecule has 0 fully saturated rings. The number of hydrogen-bond acceptors (Lipinski definition) is 5. The molecule has 2 aromatic rings. The Balaban J connectivity index is 1.79. The number of carbonyl (C=O) groups excluding carboxylic acids is 1. The van der Waals surface area contributed by atoms with E-state index in [-0.39, 0.29) is 6.61 Å². The second kappa shape index (κ2) is 8.59. The summed E-state index contributed by atoms with van der Waals surface area (Å²) in [6, 6.07) is 14.9. The summed E-state index contributed by atoms with van der Waals surface area (Å²) in [6.07, 6.45) is 1.55. The molecule has 2 aliphatic rings. The van der Waals surface area contributed by atoms with Crippen LogP contribution in [-0.4, -0.2) is 30.9 Å². The van der Waals surface area contributed by atoms with E-state index in [9.17, 15) is 4.79 Å². The topological polar surface area (TPSA) is 60.0 Å². The van der Waals surface area contributed by atoms with Gasteiger partial charge < -0.3 is 19.5 Å². The minimum atomic E-state index is -0.418. The summed E-state index contributed by atoms with van der Waals surface area (Å²) in [5.74, 6) is 0.921. The lowest BCUT2D eigenvalue weighted by Gasteiger charge is -2.37. The van der Waals surface area contributed by atoms with E-state index in [4.69, 9.17) is 26.4 Å². The van der Waals surface area contributed by atoms with E-state index in [1.54, 1.807) is 6.08 Å². The van der Waals surface area contributed by atoms with Crippen molar-refractivity contribution in [3.05, 3.63) is 78.0 Å². The molecule has 4 rings (SSSR count). The summed E-state index contributed by atoms with van der Waals surface area (Å²) in [5, 5.41) is 3.78. The Morgan fingerprint density at radius 3 is 2.70 bits per heavy atom. The Kier molecular flexibility index (Phi) is 5.72. The van der Waals surface area contributed by atoms with Gasteiger partial charge in [0.1, 0.15) is 19.8 Å². The van der Waals surface area contributed by atoms with Crippen LogP contribution in [0, 0.1) is 0 Å². The second-order valence-electron chi connectivity index (χ2n) is 6.84. The van der Waals surface area contributed by atoms with Gasteiger partial charge in [-0.25, -0.2) is 4.79 Å². The van der Waals surface area contributed by atoms with Gasteiger partial charge in [-0.2, -0.15) is 0 Å². The van der Waals surface area contributed by atoms with Crippen LogP contribution in [0.3, 0.4) is 0 Å². The summed E-state index contributed by atoms with van der Waals surface area (Å²) in [6.45, 7) is 6.63. The van der Waals surface area contributed by atoms with Crippen molar-refractivity contribution in [3.8, 4) is 11.5 Å². The van der Waals surface area contributed by atoms with Crippen LogP contribution in [-0.2, 0) is 9.53 Å². The summed E-state index contributed by atoms with van der Waals surface area (Å²) in [5.41, 5.74) is 2.88. The number of benzene rings is 2. The standard InChI is InChI=1S/C23H22N2O4S/c1-3-11-29-22(26)20-15(2)25(17-9-10-18-19(14-17)28-13-12-27-18)23(30)24-21(20)16-7-5-4-6-8-16/h3-10,14,21H,1,11-13H2,2H3,(H,24,30)/t21-/m0/s1. The largest absolute Gasteiger partial charge is 0.486 e. The van der Waals surface area contributed by atoms with Crippen LogP contribution in [0.15, 0.2) is 72.5 Å². The van der Waals surface area contributed by atoms with Gasteiger partial charge in [-0.15, -0.1) is 0 Å². The van der Waals surface area contributed by atoms with E-state index in [0.717, 1.165) is 11.3 Å². The molecule has 2 aromatic carbocycles. The van der Waals surface area contributed by atoms with Gasteiger partial charge in [-0.1, -0.05) is 43.0 Å². The number of esters is 1. The summed E-state index contributed by atoms with van der Waals surface area (Å²) in [7, 11) is 0. The first kappa shape index (κ1) is 20.0. The fraction of sp³-hybridized carbons (Fsp3) is 0.217. The average Bonchev–Trinajstić information content (AvgIpc) is 2.77. The zero-order valence-electron chi connectivity index (χ0n) is 16.6. The van der Waals surface area contributed by atoms with Crippen LogP contribution in [0.5, 0.6) is 11.5 Å². The molecule has 0 unspecified atom stereocenters. The van der Waals surface area contributed by atoms with Crippen molar-refractivity contribution in [2.75, 3.05) is 24.7 Å². The molecule has 7 heteroatoms. The predicted molar refractivity (Wildman–Crippen MR) is 119 cm³/mol. The number of fused-ring (bicyclic) bond motifs is 1. The molecule has 0 spiro atoms. The molecule has 0 radical (unpaired) electrons. The van der Waals surface area contributed by atoms with Crippen molar-refractivity contribution < 1.29 is 19.0 Å². The summed E-state index contributed by atoms with van der Waals surface area (Å²) in [4.78, 5) is 14.8. The van der Waals surface area contributed by atoms with Gasteiger partial charge in [0.2, 0.25) is 0 Å². The van der Waals surface area contributed by atoms with Gasteiger partial charge in [-0.05, 0) is 36.8 Å². The third kappa shape index (κ3) is 3.76. The molecule has 0 aliphatic carbocycles. The maximum Gasteiger partial charge on any atom is 0.338 e. The van der Waals surface area contributed by atoms with Crippen LogP contribution < -0.4 is 19.7 Å². The molecule has 2 aliphatic heterocycles. The number of hydrogen-bond donors (Lipinski definition) is 1. The smallest absolute Gasteiger partial charge is 0.338 e. The van der Waals surface area contributed by atoms with E-state index in [1.165, 1.54) is 0 Å². The van der Waals surface area contributed by atoms with Crippen LogP contribution in [0.25, 0.3) is 0 Å². The van der Waals surface area contributed by atoms with Crippen molar-refractivity contribution in [1.82, 2.24) is 5.32 Å². The normalized spacial score (nSPS) is 18.0. The zero-order chi connectivity index (χ0) is 21.1. The van der Waals surface area contributed by atoms with Crippen LogP contribution in [0.1, 0.15) is 18.5 Å². The summed E-state index contributed by atoms with van der Waals surface area (Å²) < 4.78 is 16.7. The number of thiocarbonyl (C=S) groups is 1. The molecule has 1 N–H and O–H groups in total. The highest BCUT2D eigenvalue weighted by molar-refractivity contribution is 7.80. The third-order valence-corrected chi connectivity index (χ3v) is 5.25. The number of nitrogens with zero attached hydrogens (tertiary/aromatic N) is 1. The first-order valence-electron chi connectivity index (χ1n) is 9.64. The summed E-state index contributed by atoms with van der Waals surface area (Å²) >= 11 is 5.69. The average molecular weight is 423 g/mol. The second-order valence-corrected chi connectivity index (χ2v) is 7.23. The number of carbonyl (C=O) groups is 1. The van der Waals surface area contributed by atoms with Crippen molar-refractivity contribution in [2.24, 2.45) is 0 Å². The molecule has 0 saturated heterocycles. The van der Waals surface area contributed by atoms with Gasteiger partial charge in [0.25, 0.3) is 0 Å². The van der Waals surface area contributed by atoms with Gasteiger partial charge in [-0.3, -0.25) is 4.90 Å². The zero-order valence-corrected chi connectivity index (χ0v) is 17.4. The van der Waals surface area contributed by atoms with Crippen LogP contribution >= 0.6 is 12.2 Å². The van der Waals surface area contributed by atoms with E-state index in [0.29, 0.717) is 41.1 Å². The molecular weight excluding hydrogens is 400 g/mol. The molecule has 154 valence electrons. The highest BCUT2D eigenvalue weighted by Crippen LogP contribution is 2.38. The molecule has 6 nitrogen and oxygen atoms in total. The van der Waals surface area contributed by atoms with Crippen LogP contribution in [0.4, 0.5) is 5.69 Å². The van der Waals surface area contributed by atoms with Crippen molar-refractivity contribution in [3.63, 3.8) is 0 Å². The van der Waals surface area contributed by atoms with Crippen molar-refractivity contribution >= 4 is 29.0 Å². The Hall–Kier alpha value is -3.32. The molecule has 0 aromatic heterocycles. The maximum atomic E-state index is 13.0. The monoisotopic (exact) mass is 422 g/mol. The number of rotatable bonds is 5. The van der Waals surface area contributed by atoms with Crippen molar-refractivity contribution in [2.45, 2.75) is 13.0 Å². The van der Waals surface area contributed by atoms with Crippen LogP contribution in [0.2, 0.25) is 0 Å². The fourth-order valence-electron chi connectivity index (χ4n) is 3.60. The lowest BCUT2D eigenvalue weighted by atomic mass is 9.95. The van der Waals surface area contributed by atoms with Crippen molar-refractivity contribution in [1.29, 1.82) is 0 Å². The Morgan fingerprint density at radius 1 is 1.23 bits per heavy atom. The quantitative estimate of drug-likeness (QED) is 0.446. The molecule has 1 atom stereocenters. The molecule has 0 amide bonds. The Labute approximate surface area is 180 Å². The number of anilines is 1. The van der Waals surface area contributed by atoms with Gasteiger partial charge >= 0.3 is 5.97 Å². The molecule has 2 heterocycles. The SMILES string of the molecule is C=CCOC(=O)C1=C(C)N(c2ccc3c(c2)OCCO3)C(=S)N[C@H]1c1ccccc1. The van der Waals surface area contributed by atoms with Gasteiger partial charge in [0, 0.05) is 11.8 Å². The van der Waals surface area contributed by atoms with E-state index in [1.807, 2.05) is 60.4 Å². The van der Waals surface area contributed by atoms with Gasteiger partial charge in [0.05, 0.1) is 17.3 Å². The predicted octanol–water partition coefficient (Wildman–Crippen LogP) is 3.90. The molecule has 0 saturated carbocycles. The van der Waals surface area contributed by atoms with E-state index >= 15 is 0 Å². The minimum absolute atomic E-state index is 0.131. The first-order chi connectivity index (χ1) is 14.6. The molecule has 0 bridgehead atoms. The fourth-order valence-corrected chi connectivity index (χ4v) is 3.96. The molecule has 30 heavy (non-hydrogen) atoms. The maximum absolute atomic E-state index is 13.0. The number of allylic oxidation sites excluding steroid dienone is 1. The Bertz CT molecular complexity index is 1020. The van der Waals surface area contributed by atoms with Gasteiger partial charge in [0.15, 0.2) is 16.6 Å². The number of ether oxygens (including phenoxy) is 3. The molecular formula is C23H22N2O4S. The van der Waals surface area contributed by atoms with E-state index < -0.39 is 12.0 Å². The van der Waals surface area contributed by atoms with E-state index in [2.05, 4.69) is 11.9 Å². The number of nitrogens with one attached hydrogen (secondary N) is 1. The lowest BCUT2D eigenvalue weighted by molar-refractivity contribution is -0.138. The Morgan fingerprint density at radius 2 is 1.97 bits per heavy atom. The lowest BCUT2D eigenvalue weighted by Crippen LogP contribution is -2.48. The first-order valence-corrected chi connectivity index (χ1v) is 10.0. The third-order valence-electron chi connectivity index (χ3n) is 4.95. The minimum Gasteiger partial charge on any atom is -0.486 e. The highest BCUT2D eigenvalue weighted by atomic mass is 32.1. The highest BCUT2D eigenvalue weighted by Gasteiger charge is 2.35.